The number of rotatable bonds is 6. The fourth-order valence-corrected chi connectivity index (χ4v) is 3.32. The van der Waals surface area contributed by atoms with E-state index in [1.807, 2.05) is 0 Å². The van der Waals surface area contributed by atoms with Gasteiger partial charge in [-0.15, -0.1) is 0 Å². The van der Waals surface area contributed by atoms with Crippen LogP contribution >= 0.6 is 0 Å². The Morgan fingerprint density at radius 3 is 2.54 bits per heavy atom. The third-order valence-electron chi connectivity index (χ3n) is 5.13. The summed E-state index contributed by atoms with van der Waals surface area (Å²) in [7, 11) is 0. The normalized spacial score (nSPS) is 21.9. The summed E-state index contributed by atoms with van der Waals surface area (Å²) >= 11 is 0. The van der Waals surface area contributed by atoms with E-state index in [2.05, 4.69) is 5.32 Å². The maximum Gasteiger partial charge on any atom is 0.251 e. The van der Waals surface area contributed by atoms with Gasteiger partial charge in [-0.05, 0) is 61.9 Å². The van der Waals surface area contributed by atoms with E-state index in [0.717, 1.165) is 12.1 Å². The van der Waals surface area contributed by atoms with Gasteiger partial charge in [0, 0.05) is 12.1 Å². The number of amides is 1. The zero-order valence-corrected chi connectivity index (χ0v) is 15.3. The fourth-order valence-electron chi connectivity index (χ4n) is 3.32. The molecule has 3 N–H and O–H groups in total. The van der Waals surface area contributed by atoms with Crippen molar-refractivity contribution >= 4 is 5.91 Å². The molecule has 0 aliphatic heterocycles. The van der Waals surface area contributed by atoms with E-state index in [0.29, 0.717) is 32.3 Å². The van der Waals surface area contributed by atoms with E-state index in [1.165, 1.54) is 12.1 Å². The lowest BCUT2D eigenvalue weighted by Crippen LogP contribution is -2.45. The third kappa shape index (κ3) is 4.98. The van der Waals surface area contributed by atoms with Crippen molar-refractivity contribution < 1.29 is 28.5 Å². The summed E-state index contributed by atoms with van der Waals surface area (Å²) in [5, 5.41) is 22.5. The van der Waals surface area contributed by atoms with Crippen molar-refractivity contribution in [1.82, 2.24) is 5.32 Å². The zero-order valence-electron chi connectivity index (χ0n) is 15.3. The first-order valence-electron chi connectivity index (χ1n) is 9.23. The summed E-state index contributed by atoms with van der Waals surface area (Å²) in [5.41, 5.74) is -0.967. The molecule has 150 valence electrons. The maximum atomic E-state index is 13.6. The predicted octanol–water partition coefficient (Wildman–Crippen LogP) is 3.40. The number of phenolic OH excluding ortho intramolecular Hbond substituents is 1. The molecule has 3 rings (SSSR count). The summed E-state index contributed by atoms with van der Waals surface area (Å²) in [6.45, 7) is 0.422. The molecule has 0 heterocycles. The van der Waals surface area contributed by atoms with Crippen LogP contribution in [0.15, 0.2) is 42.5 Å². The van der Waals surface area contributed by atoms with Crippen LogP contribution in [-0.2, 0) is 0 Å². The number of hydrogen-bond acceptors (Lipinski definition) is 4. The number of ether oxygens (including phenoxy) is 1. The van der Waals surface area contributed by atoms with Gasteiger partial charge < -0.3 is 20.3 Å². The van der Waals surface area contributed by atoms with Gasteiger partial charge in [0.15, 0.2) is 23.1 Å². The van der Waals surface area contributed by atoms with Crippen LogP contribution < -0.4 is 10.1 Å². The number of hydrogen-bond donors (Lipinski definition) is 3. The highest BCUT2D eigenvalue weighted by molar-refractivity contribution is 5.94. The van der Waals surface area contributed by atoms with Crippen LogP contribution in [-0.4, -0.2) is 34.9 Å². The van der Waals surface area contributed by atoms with Crippen LogP contribution in [0.25, 0.3) is 0 Å². The maximum absolute atomic E-state index is 13.6. The molecule has 28 heavy (non-hydrogen) atoms. The Kier molecular flexibility index (Phi) is 6.14. The van der Waals surface area contributed by atoms with Crippen molar-refractivity contribution in [3.05, 3.63) is 59.7 Å². The number of aromatic hydroxyl groups is 1. The molecule has 1 aliphatic carbocycles. The van der Waals surface area contributed by atoms with Gasteiger partial charge >= 0.3 is 0 Å². The van der Waals surface area contributed by atoms with Crippen LogP contribution in [0.2, 0.25) is 0 Å². The van der Waals surface area contributed by atoms with Crippen LogP contribution in [0.4, 0.5) is 8.78 Å². The second kappa shape index (κ2) is 8.56. The zero-order chi connectivity index (χ0) is 20.1. The van der Waals surface area contributed by atoms with E-state index < -0.39 is 28.9 Å². The number of carbonyl (C=O) groups excluding carboxylic acids is 1. The Morgan fingerprint density at radius 2 is 1.86 bits per heavy atom. The Bertz CT molecular complexity index is 835. The van der Waals surface area contributed by atoms with Crippen molar-refractivity contribution in [1.29, 1.82) is 0 Å². The first kappa shape index (κ1) is 20.1. The highest BCUT2D eigenvalue weighted by Crippen LogP contribution is 2.32. The van der Waals surface area contributed by atoms with Crippen molar-refractivity contribution in [3.8, 4) is 11.5 Å². The molecule has 0 saturated heterocycles. The molecule has 0 aromatic heterocycles. The van der Waals surface area contributed by atoms with Gasteiger partial charge in [-0.2, -0.15) is 0 Å². The Hall–Kier alpha value is -2.67. The lowest BCUT2D eigenvalue weighted by Gasteiger charge is -2.36. The van der Waals surface area contributed by atoms with E-state index >= 15 is 0 Å². The number of benzene rings is 2. The minimum Gasteiger partial charge on any atom is -0.505 e. The lowest BCUT2D eigenvalue weighted by atomic mass is 9.79. The number of carbonyl (C=O) groups is 1. The highest BCUT2D eigenvalue weighted by Gasteiger charge is 2.34. The topological polar surface area (TPSA) is 78.8 Å². The van der Waals surface area contributed by atoms with Crippen molar-refractivity contribution in [2.24, 2.45) is 5.92 Å². The van der Waals surface area contributed by atoms with Gasteiger partial charge in [-0.25, -0.2) is 8.78 Å². The second-order valence-electron chi connectivity index (χ2n) is 7.26. The number of phenols is 1. The fraction of sp³-hybridized carbons (Fsp3) is 0.381. The quantitative estimate of drug-likeness (QED) is 0.705. The molecular weight excluding hydrogens is 368 g/mol. The SMILES string of the molecule is O=C(NCC1(O)CCC(COc2ccccc2F)CC1)c1ccc(O)c(F)c1. The number of halogens is 2. The monoisotopic (exact) mass is 391 g/mol. The summed E-state index contributed by atoms with van der Waals surface area (Å²) < 4.78 is 32.5. The van der Waals surface area contributed by atoms with Gasteiger partial charge in [-0.1, -0.05) is 12.1 Å². The summed E-state index contributed by atoms with van der Waals surface area (Å²) in [5.74, 6) is -1.90. The summed E-state index contributed by atoms with van der Waals surface area (Å²) in [4.78, 5) is 12.1. The molecule has 2 aromatic carbocycles. The van der Waals surface area contributed by atoms with E-state index in [1.54, 1.807) is 18.2 Å². The largest absolute Gasteiger partial charge is 0.505 e. The molecule has 1 fully saturated rings. The molecule has 0 unspecified atom stereocenters. The first-order valence-corrected chi connectivity index (χ1v) is 9.23. The van der Waals surface area contributed by atoms with Crippen LogP contribution in [0, 0.1) is 17.6 Å². The molecule has 0 atom stereocenters. The highest BCUT2D eigenvalue weighted by atomic mass is 19.1. The molecule has 1 saturated carbocycles. The minimum atomic E-state index is -1.04. The Balaban J connectivity index is 1.46. The molecule has 0 spiro atoms. The predicted molar refractivity (Wildman–Crippen MR) is 99.2 cm³/mol. The van der Waals surface area contributed by atoms with E-state index in [-0.39, 0.29) is 23.8 Å². The van der Waals surface area contributed by atoms with E-state index in [9.17, 15) is 23.8 Å². The van der Waals surface area contributed by atoms with E-state index in [4.69, 9.17) is 4.74 Å². The molecule has 2 aromatic rings. The summed E-state index contributed by atoms with van der Waals surface area (Å²) in [6, 6.07) is 9.61. The molecule has 7 heteroatoms. The average molecular weight is 391 g/mol. The molecule has 0 radical (unpaired) electrons. The van der Waals surface area contributed by atoms with Gasteiger partial charge in [0.05, 0.1) is 12.2 Å². The van der Waals surface area contributed by atoms with Crippen molar-refractivity contribution in [3.63, 3.8) is 0 Å². The minimum absolute atomic E-state index is 0.0508. The Labute approximate surface area is 162 Å². The molecule has 5 nitrogen and oxygen atoms in total. The number of para-hydroxylation sites is 1. The molecule has 1 amide bonds. The third-order valence-corrected chi connectivity index (χ3v) is 5.13. The lowest BCUT2D eigenvalue weighted by molar-refractivity contribution is -0.0131. The van der Waals surface area contributed by atoms with Crippen molar-refractivity contribution in [2.75, 3.05) is 13.2 Å². The molecule has 1 aliphatic rings. The number of nitrogens with one attached hydrogen (secondary N) is 1. The second-order valence-corrected chi connectivity index (χ2v) is 7.26. The van der Waals surface area contributed by atoms with Crippen LogP contribution in [0.3, 0.4) is 0 Å². The average Bonchev–Trinajstić information content (AvgIpc) is 2.69. The summed E-state index contributed by atoms with van der Waals surface area (Å²) in [6.07, 6.45) is 2.33. The van der Waals surface area contributed by atoms with Gasteiger partial charge in [-0.3, -0.25) is 4.79 Å². The smallest absolute Gasteiger partial charge is 0.251 e. The Morgan fingerprint density at radius 1 is 1.14 bits per heavy atom. The van der Waals surface area contributed by atoms with Gasteiger partial charge in [0.1, 0.15) is 0 Å². The van der Waals surface area contributed by atoms with Crippen LogP contribution in [0.5, 0.6) is 11.5 Å². The molecular formula is C21H23F2NO4. The molecule has 0 bridgehead atoms. The standard InChI is InChI=1S/C21H23F2NO4/c22-16-3-1-2-4-19(16)28-12-14-7-9-21(27,10-8-14)13-24-20(26)15-5-6-18(25)17(23)11-15/h1-6,11,14,25,27H,7-10,12-13H2,(H,24,26). The van der Waals surface area contributed by atoms with Crippen LogP contribution in [0.1, 0.15) is 36.0 Å². The first-order chi connectivity index (χ1) is 13.4. The van der Waals surface area contributed by atoms with Gasteiger partial charge in [0.2, 0.25) is 0 Å². The number of aliphatic hydroxyl groups is 1. The van der Waals surface area contributed by atoms with Gasteiger partial charge in [0.25, 0.3) is 5.91 Å². The van der Waals surface area contributed by atoms with Crippen molar-refractivity contribution in [2.45, 2.75) is 31.3 Å².